The second kappa shape index (κ2) is 10.0. The van der Waals surface area contributed by atoms with Crippen molar-refractivity contribution in [2.45, 2.75) is 12.5 Å². The topological polar surface area (TPSA) is 85.3 Å². The SMILES string of the molecule is COC(=O)N(CCOCCOCCC(=O)O)C1c2ccccc2-c2ccccc21. The van der Waals surface area contributed by atoms with Crippen molar-refractivity contribution in [3.8, 4) is 11.1 Å². The second-order valence-corrected chi connectivity index (χ2v) is 6.61. The summed E-state index contributed by atoms with van der Waals surface area (Å²) in [6.07, 6.45) is -0.445. The number of benzene rings is 2. The standard InChI is InChI=1S/C22H25NO6/c1-27-22(26)23(11-13-29-15-14-28-12-10-20(24)25)21-18-8-4-2-6-16(18)17-7-3-5-9-19(17)21/h2-9,21H,10-15H2,1H3,(H,24,25). The summed E-state index contributed by atoms with van der Waals surface area (Å²) in [6.45, 7) is 1.46. The van der Waals surface area contributed by atoms with Gasteiger partial charge in [0.25, 0.3) is 0 Å². The van der Waals surface area contributed by atoms with E-state index in [1.807, 2.05) is 36.4 Å². The summed E-state index contributed by atoms with van der Waals surface area (Å²) in [5, 5.41) is 8.57. The summed E-state index contributed by atoms with van der Waals surface area (Å²) in [7, 11) is 1.37. The van der Waals surface area contributed by atoms with Crippen LogP contribution in [0.1, 0.15) is 23.6 Å². The molecule has 7 heteroatoms. The number of hydrogen-bond donors (Lipinski definition) is 1. The highest BCUT2D eigenvalue weighted by Crippen LogP contribution is 2.46. The number of rotatable bonds is 10. The van der Waals surface area contributed by atoms with E-state index in [9.17, 15) is 9.59 Å². The Morgan fingerprint density at radius 1 is 0.897 bits per heavy atom. The Morgan fingerprint density at radius 3 is 2.00 bits per heavy atom. The molecule has 2 aromatic carbocycles. The van der Waals surface area contributed by atoms with Crippen molar-refractivity contribution < 1.29 is 28.9 Å². The van der Waals surface area contributed by atoms with Crippen LogP contribution in [0.5, 0.6) is 0 Å². The quantitative estimate of drug-likeness (QED) is 0.617. The number of carboxylic acid groups (broad SMARTS) is 1. The predicted octanol–water partition coefficient (Wildman–Crippen LogP) is 3.33. The van der Waals surface area contributed by atoms with Gasteiger partial charge in [0.15, 0.2) is 0 Å². The Morgan fingerprint density at radius 2 is 1.45 bits per heavy atom. The number of methoxy groups -OCH3 is 1. The molecule has 0 aliphatic heterocycles. The van der Waals surface area contributed by atoms with Gasteiger partial charge in [0.1, 0.15) is 0 Å². The first-order valence-electron chi connectivity index (χ1n) is 9.53. The number of amides is 1. The van der Waals surface area contributed by atoms with Crippen LogP contribution in [0.25, 0.3) is 11.1 Å². The predicted molar refractivity (Wildman–Crippen MR) is 107 cm³/mol. The van der Waals surface area contributed by atoms with Gasteiger partial charge in [-0.15, -0.1) is 0 Å². The Kier molecular flexibility index (Phi) is 7.21. The van der Waals surface area contributed by atoms with Gasteiger partial charge in [-0.3, -0.25) is 9.69 Å². The maximum Gasteiger partial charge on any atom is 0.410 e. The molecule has 7 nitrogen and oxygen atoms in total. The van der Waals surface area contributed by atoms with Crippen LogP contribution in [0.4, 0.5) is 4.79 Å². The molecule has 2 aromatic rings. The zero-order chi connectivity index (χ0) is 20.6. The van der Waals surface area contributed by atoms with Gasteiger partial charge in [-0.25, -0.2) is 4.79 Å². The van der Waals surface area contributed by atoms with Crippen molar-refractivity contribution in [2.24, 2.45) is 0 Å². The molecule has 0 radical (unpaired) electrons. The van der Waals surface area contributed by atoms with Crippen molar-refractivity contribution in [3.05, 3.63) is 59.7 Å². The van der Waals surface area contributed by atoms with Crippen LogP contribution < -0.4 is 0 Å². The molecule has 0 saturated carbocycles. The summed E-state index contributed by atoms with van der Waals surface area (Å²) in [5.41, 5.74) is 4.37. The molecule has 3 rings (SSSR count). The van der Waals surface area contributed by atoms with E-state index in [-0.39, 0.29) is 19.1 Å². The normalized spacial score (nSPS) is 12.3. The first-order chi connectivity index (χ1) is 14.1. The molecule has 0 atom stereocenters. The van der Waals surface area contributed by atoms with E-state index in [0.29, 0.717) is 26.4 Å². The van der Waals surface area contributed by atoms with Gasteiger partial charge in [0.05, 0.1) is 46.0 Å². The van der Waals surface area contributed by atoms with Gasteiger partial charge < -0.3 is 19.3 Å². The van der Waals surface area contributed by atoms with Crippen molar-refractivity contribution in [1.82, 2.24) is 4.90 Å². The Labute approximate surface area is 169 Å². The maximum absolute atomic E-state index is 12.6. The van der Waals surface area contributed by atoms with Gasteiger partial charge in [-0.05, 0) is 22.3 Å². The maximum atomic E-state index is 12.6. The van der Waals surface area contributed by atoms with Gasteiger partial charge in [-0.2, -0.15) is 0 Å². The highest BCUT2D eigenvalue weighted by molar-refractivity contribution is 5.81. The number of carbonyl (C=O) groups is 2. The van der Waals surface area contributed by atoms with E-state index in [4.69, 9.17) is 19.3 Å². The molecule has 0 saturated heterocycles. The van der Waals surface area contributed by atoms with Crippen LogP contribution >= 0.6 is 0 Å². The Bertz CT molecular complexity index is 807. The van der Waals surface area contributed by atoms with Crippen LogP contribution in [0.15, 0.2) is 48.5 Å². The van der Waals surface area contributed by atoms with Crippen molar-refractivity contribution in [3.63, 3.8) is 0 Å². The van der Waals surface area contributed by atoms with Crippen LogP contribution in [0, 0.1) is 0 Å². The van der Waals surface area contributed by atoms with E-state index in [1.165, 1.54) is 7.11 Å². The molecule has 0 bridgehead atoms. The monoisotopic (exact) mass is 399 g/mol. The lowest BCUT2D eigenvalue weighted by Crippen LogP contribution is -2.37. The average Bonchev–Trinajstić information content (AvgIpc) is 3.06. The van der Waals surface area contributed by atoms with E-state index < -0.39 is 12.1 Å². The fourth-order valence-corrected chi connectivity index (χ4v) is 3.55. The fraction of sp³-hybridized carbons (Fsp3) is 0.364. The van der Waals surface area contributed by atoms with E-state index in [1.54, 1.807) is 4.90 Å². The summed E-state index contributed by atoms with van der Waals surface area (Å²) in [5.74, 6) is -0.892. The van der Waals surface area contributed by atoms with Crippen molar-refractivity contribution in [1.29, 1.82) is 0 Å². The van der Waals surface area contributed by atoms with Gasteiger partial charge >= 0.3 is 12.1 Å². The molecule has 0 aromatic heterocycles. The van der Waals surface area contributed by atoms with Crippen LogP contribution in [0.2, 0.25) is 0 Å². The summed E-state index contributed by atoms with van der Waals surface area (Å²) in [4.78, 5) is 24.7. The number of ether oxygens (including phenoxy) is 3. The van der Waals surface area contributed by atoms with E-state index in [2.05, 4.69) is 12.1 Å². The summed E-state index contributed by atoms with van der Waals surface area (Å²) in [6, 6.07) is 15.9. The van der Waals surface area contributed by atoms with Gasteiger partial charge in [0.2, 0.25) is 0 Å². The number of hydrogen-bond acceptors (Lipinski definition) is 5. The molecular formula is C22H25NO6. The number of carbonyl (C=O) groups excluding carboxylic acids is 1. The molecule has 0 unspecified atom stereocenters. The molecule has 29 heavy (non-hydrogen) atoms. The molecule has 0 spiro atoms. The number of fused-ring (bicyclic) bond motifs is 3. The molecule has 1 aliphatic rings. The highest BCUT2D eigenvalue weighted by Gasteiger charge is 2.35. The Balaban J connectivity index is 1.64. The van der Waals surface area contributed by atoms with Crippen molar-refractivity contribution >= 4 is 12.1 Å². The third kappa shape index (κ3) is 4.93. The molecule has 1 N–H and O–H groups in total. The van der Waals surface area contributed by atoms with E-state index in [0.717, 1.165) is 22.3 Å². The lowest BCUT2D eigenvalue weighted by atomic mass is 10.0. The molecular weight excluding hydrogens is 374 g/mol. The van der Waals surface area contributed by atoms with Crippen LogP contribution in [0.3, 0.4) is 0 Å². The molecule has 154 valence electrons. The zero-order valence-corrected chi connectivity index (χ0v) is 16.4. The molecule has 0 heterocycles. The largest absolute Gasteiger partial charge is 0.481 e. The second-order valence-electron chi connectivity index (χ2n) is 6.61. The van der Waals surface area contributed by atoms with Gasteiger partial charge in [0, 0.05) is 6.54 Å². The van der Waals surface area contributed by atoms with E-state index >= 15 is 0 Å². The third-order valence-electron chi connectivity index (χ3n) is 4.83. The summed E-state index contributed by atoms with van der Waals surface area (Å²) < 4.78 is 15.8. The lowest BCUT2D eigenvalue weighted by Gasteiger charge is -2.29. The molecule has 1 amide bonds. The Hall–Kier alpha value is -2.90. The minimum Gasteiger partial charge on any atom is -0.481 e. The minimum atomic E-state index is -0.892. The lowest BCUT2D eigenvalue weighted by molar-refractivity contribution is -0.138. The number of carboxylic acids is 1. The smallest absolute Gasteiger partial charge is 0.410 e. The summed E-state index contributed by atoms with van der Waals surface area (Å²) >= 11 is 0. The van der Waals surface area contributed by atoms with Gasteiger partial charge in [-0.1, -0.05) is 48.5 Å². The molecule has 0 fully saturated rings. The van der Waals surface area contributed by atoms with Crippen molar-refractivity contribution in [2.75, 3.05) is 40.1 Å². The molecule has 1 aliphatic carbocycles. The highest BCUT2D eigenvalue weighted by atomic mass is 16.5. The van der Waals surface area contributed by atoms with Crippen LogP contribution in [-0.4, -0.2) is 62.2 Å². The first kappa shape index (κ1) is 20.8. The zero-order valence-electron chi connectivity index (χ0n) is 16.4. The number of aliphatic carboxylic acids is 1. The minimum absolute atomic E-state index is 0.0311. The third-order valence-corrected chi connectivity index (χ3v) is 4.83. The fourth-order valence-electron chi connectivity index (χ4n) is 3.55. The number of nitrogens with zero attached hydrogens (tertiary/aromatic N) is 1. The first-order valence-corrected chi connectivity index (χ1v) is 9.53. The average molecular weight is 399 g/mol. The van der Waals surface area contributed by atoms with Crippen LogP contribution in [-0.2, 0) is 19.0 Å².